The van der Waals surface area contributed by atoms with Gasteiger partial charge in [-0.25, -0.2) is 4.39 Å². The summed E-state index contributed by atoms with van der Waals surface area (Å²) in [6, 6.07) is 14.0. The van der Waals surface area contributed by atoms with Gasteiger partial charge in [0.15, 0.2) is 5.11 Å². The Morgan fingerprint density at radius 3 is 2.16 bits per heavy atom. The minimum atomic E-state index is -1.86. The molecule has 25 heavy (non-hydrogen) atoms. The minimum absolute atomic E-state index is 0.0938. The summed E-state index contributed by atoms with van der Waals surface area (Å²) in [5.74, 6) is -0.812. The van der Waals surface area contributed by atoms with Crippen LogP contribution in [0.2, 0.25) is 0 Å². The largest absolute Gasteiger partial charge is 0.339 e. The lowest BCUT2D eigenvalue weighted by molar-refractivity contribution is 0.0934. The number of thiocarbonyl (C=S) groups is 1. The Hall–Kier alpha value is -1.60. The summed E-state index contributed by atoms with van der Waals surface area (Å²) in [5, 5.41) is 8.19. The smallest absolute Gasteiger partial charge is 0.252 e. The number of rotatable bonds is 4. The van der Waals surface area contributed by atoms with Crippen LogP contribution in [0, 0.1) is 5.82 Å². The molecule has 0 bridgehead atoms. The van der Waals surface area contributed by atoms with E-state index >= 15 is 0 Å². The van der Waals surface area contributed by atoms with Crippen LogP contribution in [0.25, 0.3) is 0 Å². The van der Waals surface area contributed by atoms with Crippen molar-refractivity contribution in [1.82, 2.24) is 10.6 Å². The normalized spacial score (nSPS) is 12.2. The lowest BCUT2D eigenvalue weighted by Gasteiger charge is -2.27. The molecule has 0 heterocycles. The third kappa shape index (κ3) is 6.32. The van der Waals surface area contributed by atoms with Gasteiger partial charge in [0, 0.05) is 11.3 Å². The molecule has 1 atom stereocenters. The van der Waals surface area contributed by atoms with E-state index in [0.29, 0.717) is 11.3 Å². The molecule has 4 nitrogen and oxygen atoms in total. The fraction of sp³-hybridized carbons (Fsp3) is 0.125. The predicted molar refractivity (Wildman–Crippen MR) is 104 cm³/mol. The van der Waals surface area contributed by atoms with Crippen LogP contribution >= 0.6 is 47.0 Å². The molecule has 0 aliphatic heterocycles. The molecule has 0 saturated carbocycles. The molecule has 0 fully saturated rings. The third-order valence-corrected chi connectivity index (χ3v) is 3.89. The molecule has 9 heteroatoms. The van der Waals surface area contributed by atoms with Crippen LogP contribution in [0.1, 0.15) is 10.4 Å². The van der Waals surface area contributed by atoms with Crippen LogP contribution in [0.4, 0.5) is 10.1 Å². The highest BCUT2D eigenvalue weighted by Gasteiger charge is 2.34. The van der Waals surface area contributed by atoms with Crippen molar-refractivity contribution < 1.29 is 9.18 Å². The molecule has 2 aromatic rings. The second-order valence-electron chi connectivity index (χ2n) is 4.92. The number of nitrogens with one attached hydrogen (secondary N) is 3. The molecular formula is C16H13Cl3FN3OS. The first-order valence-corrected chi connectivity index (χ1v) is 8.55. The summed E-state index contributed by atoms with van der Waals surface area (Å²) < 4.78 is 11.1. The molecule has 132 valence electrons. The zero-order valence-electron chi connectivity index (χ0n) is 12.6. The fourth-order valence-electron chi connectivity index (χ4n) is 1.84. The molecule has 0 spiro atoms. The molecule has 1 amide bonds. The van der Waals surface area contributed by atoms with E-state index in [1.54, 1.807) is 30.3 Å². The maximum atomic E-state index is 12.9. The van der Waals surface area contributed by atoms with Gasteiger partial charge in [0.2, 0.25) is 3.79 Å². The van der Waals surface area contributed by atoms with Crippen molar-refractivity contribution in [3.63, 3.8) is 0 Å². The van der Waals surface area contributed by atoms with Crippen LogP contribution in [0.15, 0.2) is 54.6 Å². The van der Waals surface area contributed by atoms with Crippen LogP contribution < -0.4 is 16.0 Å². The van der Waals surface area contributed by atoms with Gasteiger partial charge < -0.3 is 16.0 Å². The molecule has 3 N–H and O–H groups in total. The summed E-state index contributed by atoms with van der Waals surface area (Å²) in [6.45, 7) is 0. The van der Waals surface area contributed by atoms with Crippen LogP contribution in [0.5, 0.6) is 0 Å². The SMILES string of the molecule is O=C(N[C@H](NC(=S)Nc1ccc(F)cc1)C(Cl)(Cl)Cl)c1ccccc1. The first-order chi connectivity index (χ1) is 11.8. The van der Waals surface area contributed by atoms with Gasteiger partial charge in [0.25, 0.3) is 5.91 Å². The van der Waals surface area contributed by atoms with Gasteiger partial charge in [-0.05, 0) is 48.6 Å². The first-order valence-electron chi connectivity index (χ1n) is 7.01. The summed E-state index contributed by atoms with van der Waals surface area (Å²) in [4.78, 5) is 12.2. The number of alkyl halides is 3. The van der Waals surface area contributed by atoms with E-state index in [2.05, 4.69) is 16.0 Å². The number of halogens is 4. The minimum Gasteiger partial charge on any atom is -0.339 e. The van der Waals surface area contributed by atoms with Crippen LogP contribution in [0.3, 0.4) is 0 Å². The van der Waals surface area contributed by atoms with Gasteiger partial charge in [0.05, 0.1) is 0 Å². The van der Waals surface area contributed by atoms with Gasteiger partial charge in [-0.15, -0.1) is 0 Å². The zero-order chi connectivity index (χ0) is 18.4. The summed E-state index contributed by atoms with van der Waals surface area (Å²) >= 11 is 22.9. The van der Waals surface area contributed by atoms with Gasteiger partial charge in [0.1, 0.15) is 12.0 Å². The quantitative estimate of drug-likeness (QED) is 0.393. The molecule has 0 aliphatic carbocycles. The summed E-state index contributed by atoms with van der Waals surface area (Å²) in [6.07, 6.45) is -1.09. The number of carbonyl (C=O) groups excluding carboxylic acids is 1. The number of carbonyl (C=O) groups is 1. The van der Waals surface area contributed by atoms with E-state index in [0.717, 1.165) is 0 Å². The van der Waals surface area contributed by atoms with Crippen molar-refractivity contribution >= 4 is 63.7 Å². The first kappa shape index (κ1) is 19.7. The van der Waals surface area contributed by atoms with Crippen LogP contribution in [-0.2, 0) is 0 Å². The highest BCUT2D eigenvalue weighted by atomic mass is 35.6. The van der Waals surface area contributed by atoms with Crippen molar-refractivity contribution in [2.45, 2.75) is 9.96 Å². The predicted octanol–water partition coefficient (Wildman–Crippen LogP) is 4.24. The summed E-state index contributed by atoms with van der Waals surface area (Å²) in [5.41, 5.74) is 0.942. The monoisotopic (exact) mass is 419 g/mol. The number of amides is 1. The lowest BCUT2D eigenvalue weighted by atomic mass is 10.2. The second-order valence-corrected chi connectivity index (χ2v) is 7.70. The number of hydrogen-bond acceptors (Lipinski definition) is 2. The Labute approximate surface area is 164 Å². The topological polar surface area (TPSA) is 53.2 Å². The average molecular weight is 421 g/mol. The number of benzene rings is 2. The van der Waals surface area contributed by atoms with Crippen molar-refractivity contribution in [3.05, 3.63) is 66.0 Å². The van der Waals surface area contributed by atoms with Gasteiger partial charge in [-0.2, -0.15) is 0 Å². The average Bonchev–Trinajstić information content (AvgIpc) is 2.56. The third-order valence-electron chi connectivity index (χ3n) is 3.02. The van der Waals surface area contributed by atoms with Crippen molar-refractivity contribution in [1.29, 1.82) is 0 Å². The Balaban J connectivity index is 2.03. The standard InChI is InChI=1S/C16H13Cl3FN3OS/c17-16(18,19)14(22-13(24)10-4-2-1-3-5-10)23-15(25)21-12-8-6-11(20)7-9-12/h1-9,14H,(H,22,24)(H2,21,23,25)/t14-/m1/s1. The molecule has 2 aromatic carbocycles. The Kier molecular flexibility index (Phi) is 6.84. The molecule has 0 aliphatic rings. The highest BCUT2D eigenvalue weighted by molar-refractivity contribution is 7.80. The summed E-state index contributed by atoms with van der Waals surface area (Å²) in [7, 11) is 0. The maximum Gasteiger partial charge on any atom is 0.252 e. The molecule has 0 saturated heterocycles. The Morgan fingerprint density at radius 1 is 1.00 bits per heavy atom. The fourth-order valence-corrected chi connectivity index (χ4v) is 2.40. The van der Waals surface area contributed by atoms with Gasteiger partial charge in [-0.3, -0.25) is 4.79 Å². The van der Waals surface area contributed by atoms with Crippen molar-refractivity contribution in [3.8, 4) is 0 Å². The van der Waals surface area contributed by atoms with E-state index < -0.39 is 15.9 Å². The van der Waals surface area contributed by atoms with Gasteiger partial charge >= 0.3 is 0 Å². The van der Waals surface area contributed by atoms with Gasteiger partial charge in [-0.1, -0.05) is 53.0 Å². The van der Waals surface area contributed by atoms with Crippen LogP contribution in [-0.4, -0.2) is 21.0 Å². The van der Waals surface area contributed by atoms with E-state index in [4.69, 9.17) is 47.0 Å². The van der Waals surface area contributed by atoms with E-state index in [-0.39, 0.29) is 10.9 Å². The van der Waals surface area contributed by atoms with E-state index in [1.807, 2.05) is 0 Å². The highest BCUT2D eigenvalue weighted by Crippen LogP contribution is 2.29. The lowest BCUT2D eigenvalue weighted by Crippen LogP contribution is -2.56. The zero-order valence-corrected chi connectivity index (χ0v) is 15.7. The number of anilines is 1. The maximum absolute atomic E-state index is 12.9. The van der Waals surface area contributed by atoms with Crippen molar-refractivity contribution in [2.24, 2.45) is 0 Å². The molecule has 2 rings (SSSR count). The number of hydrogen-bond donors (Lipinski definition) is 3. The Bertz CT molecular complexity index is 739. The second kappa shape index (κ2) is 8.67. The molecule has 0 radical (unpaired) electrons. The molecule has 0 aromatic heterocycles. The van der Waals surface area contributed by atoms with Crippen molar-refractivity contribution in [2.75, 3.05) is 5.32 Å². The molecule has 0 unspecified atom stereocenters. The Morgan fingerprint density at radius 2 is 1.60 bits per heavy atom. The van der Waals surface area contributed by atoms with E-state index in [9.17, 15) is 9.18 Å². The molecular weight excluding hydrogens is 408 g/mol. The van der Waals surface area contributed by atoms with E-state index in [1.165, 1.54) is 24.3 Å².